The second kappa shape index (κ2) is 6.91. The number of aliphatic hydroxyl groups is 1. The van der Waals surface area contributed by atoms with Crippen molar-refractivity contribution in [1.29, 1.82) is 0 Å². The van der Waals surface area contributed by atoms with E-state index in [2.05, 4.69) is 65.0 Å². The maximum atomic E-state index is 9.59. The van der Waals surface area contributed by atoms with Gasteiger partial charge in [-0.05, 0) is 37.6 Å². The first-order chi connectivity index (χ1) is 9.61. The molecule has 0 aliphatic heterocycles. The quantitative estimate of drug-likeness (QED) is 0.878. The SMILES string of the molecule is CC(C)N(Cc1ccccc1)c1ccc(Br)cc1CO. The Morgan fingerprint density at radius 2 is 1.80 bits per heavy atom. The van der Waals surface area contributed by atoms with Gasteiger partial charge in [0.1, 0.15) is 0 Å². The predicted octanol–water partition coefficient (Wildman–Crippen LogP) is 4.36. The number of aliphatic hydroxyl groups excluding tert-OH is 1. The summed E-state index contributed by atoms with van der Waals surface area (Å²) in [5, 5.41) is 9.59. The zero-order valence-corrected chi connectivity index (χ0v) is 13.5. The Hall–Kier alpha value is -1.32. The van der Waals surface area contributed by atoms with Gasteiger partial charge in [0.15, 0.2) is 0 Å². The fourth-order valence-electron chi connectivity index (χ4n) is 2.29. The third-order valence-electron chi connectivity index (χ3n) is 3.34. The number of hydrogen-bond acceptors (Lipinski definition) is 2. The maximum Gasteiger partial charge on any atom is 0.0702 e. The molecule has 2 rings (SSSR count). The maximum absolute atomic E-state index is 9.59. The molecule has 2 aromatic rings. The number of nitrogens with zero attached hydrogens (tertiary/aromatic N) is 1. The molecule has 0 amide bonds. The van der Waals surface area contributed by atoms with Crippen LogP contribution in [0, 0.1) is 0 Å². The highest BCUT2D eigenvalue weighted by molar-refractivity contribution is 9.10. The molecule has 20 heavy (non-hydrogen) atoms. The Labute approximate surface area is 129 Å². The van der Waals surface area contributed by atoms with Crippen LogP contribution in [-0.2, 0) is 13.2 Å². The van der Waals surface area contributed by atoms with Crippen molar-refractivity contribution in [2.75, 3.05) is 4.90 Å². The summed E-state index contributed by atoms with van der Waals surface area (Å²) in [6.07, 6.45) is 0. The van der Waals surface area contributed by atoms with Crippen molar-refractivity contribution >= 4 is 21.6 Å². The van der Waals surface area contributed by atoms with Crippen molar-refractivity contribution in [3.8, 4) is 0 Å². The molecule has 0 aromatic heterocycles. The van der Waals surface area contributed by atoms with Crippen molar-refractivity contribution in [3.63, 3.8) is 0 Å². The van der Waals surface area contributed by atoms with Gasteiger partial charge in [-0.2, -0.15) is 0 Å². The monoisotopic (exact) mass is 333 g/mol. The summed E-state index contributed by atoms with van der Waals surface area (Å²) in [5.74, 6) is 0. The van der Waals surface area contributed by atoms with Crippen molar-refractivity contribution in [2.24, 2.45) is 0 Å². The minimum absolute atomic E-state index is 0.0484. The van der Waals surface area contributed by atoms with Crippen LogP contribution in [0.25, 0.3) is 0 Å². The predicted molar refractivity (Wildman–Crippen MR) is 87.8 cm³/mol. The summed E-state index contributed by atoms with van der Waals surface area (Å²) >= 11 is 3.46. The fraction of sp³-hybridized carbons (Fsp3) is 0.294. The van der Waals surface area contributed by atoms with E-state index in [1.807, 2.05) is 18.2 Å². The number of benzene rings is 2. The van der Waals surface area contributed by atoms with Gasteiger partial charge < -0.3 is 10.0 Å². The molecule has 2 nitrogen and oxygen atoms in total. The standard InChI is InChI=1S/C17H20BrNO/c1-13(2)19(11-14-6-4-3-5-7-14)17-9-8-16(18)10-15(17)12-20/h3-10,13,20H,11-12H2,1-2H3. The highest BCUT2D eigenvalue weighted by Gasteiger charge is 2.15. The van der Waals surface area contributed by atoms with Crippen LogP contribution in [0.15, 0.2) is 53.0 Å². The molecule has 1 N–H and O–H groups in total. The third kappa shape index (κ3) is 3.62. The first kappa shape index (κ1) is 15.1. The molecule has 0 fully saturated rings. The van der Waals surface area contributed by atoms with Crippen LogP contribution in [0.5, 0.6) is 0 Å². The van der Waals surface area contributed by atoms with E-state index < -0.39 is 0 Å². The zero-order chi connectivity index (χ0) is 14.5. The summed E-state index contributed by atoms with van der Waals surface area (Å²) in [7, 11) is 0. The lowest BCUT2D eigenvalue weighted by atomic mass is 10.1. The smallest absolute Gasteiger partial charge is 0.0702 e. The summed E-state index contributed by atoms with van der Waals surface area (Å²) in [5.41, 5.74) is 3.31. The van der Waals surface area contributed by atoms with Gasteiger partial charge in [-0.15, -0.1) is 0 Å². The number of halogens is 1. The summed E-state index contributed by atoms with van der Waals surface area (Å²) in [6, 6.07) is 16.8. The normalized spacial score (nSPS) is 10.8. The number of rotatable bonds is 5. The molecule has 0 heterocycles. The zero-order valence-electron chi connectivity index (χ0n) is 11.9. The van der Waals surface area contributed by atoms with Gasteiger partial charge in [-0.25, -0.2) is 0 Å². The van der Waals surface area contributed by atoms with E-state index in [9.17, 15) is 5.11 Å². The molecular formula is C17H20BrNO. The number of anilines is 1. The Kier molecular flexibility index (Phi) is 5.21. The highest BCUT2D eigenvalue weighted by atomic mass is 79.9. The number of hydrogen-bond donors (Lipinski definition) is 1. The fourth-order valence-corrected chi connectivity index (χ4v) is 2.70. The molecule has 0 radical (unpaired) electrons. The van der Waals surface area contributed by atoms with Crippen molar-refractivity contribution in [2.45, 2.75) is 33.0 Å². The molecule has 0 aliphatic rings. The van der Waals surface area contributed by atoms with Crippen LogP contribution in [0.2, 0.25) is 0 Å². The lowest BCUT2D eigenvalue weighted by Gasteiger charge is -2.31. The minimum Gasteiger partial charge on any atom is -0.392 e. The molecular weight excluding hydrogens is 314 g/mol. The lowest BCUT2D eigenvalue weighted by Crippen LogP contribution is -2.31. The average Bonchev–Trinajstić information content (AvgIpc) is 2.46. The van der Waals surface area contributed by atoms with E-state index in [1.165, 1.54) is 5.56 Å². The van der Waals surface area contributed by atoms with Crippen LogP contribution < -0.4 is 4.90 Å². The molecule has 0 saturated carbocycles. The summed E-state index contributed by atoms with van der Waals surface area (Å²) < 4.78 is 0.994. The molecule has 2 aromatic carbocycles. The van der Waals surface area contributed by atoms with Crippen molar-refractivity contribution in [1.82, 2.24) is 0 Å². The minimum atomic E-state index is 0.0484. The van der Waals surface area contributed by atoms with Gasteiger partial charge in [0.25, 0.3) is 0 Å². The van der Waals surface area contributed by atoms with E-state index >= 15 is 0 Å². The Bertz CT molecular complexity index is 554. The molecule has 0 saturated heterocycles. The van der Waals surface area contributed by atoms with Gasteiger partial charge in [0.05, 0.1) is 6.61 Å². The average molecular weight is 334 g/mol. The van der Waals surface area contributed by atoms with E-state index in [0.29, 0.717) is 6.04 Å². The van der Waals surface area contributed by atoms with Crippen molar-refractivity contribution < 1.29 is 5.11 Å². The summed E-state index contributed by atoms with van der Waals surface area (Å²) in [4.78, 5) is 2.31. The van der Waals surface area contributed by atoms with Crippen LogP contribution in [0.1, 0.15) is 25.0 Å². The Morgan fingerprint density at radius 3 is 2.40 bits per heavy atom. The van der Waals surface area contributed by atoms with Gasteiger partial charge in [0.2, 0.25) is 0 Å². The van der Waals surface area contributed by atoms with Crippen LogP contribution in [0.4, 0.5) is 5.69 Å². The van der Waals surface area contributed by atoms with E-state index in [4.69, 9.17) is 0 Å². The molecule has 0 aliphatic carbocycles. The Morgan fingerprint density at radius 1 is 1.10 bits per heavy atom. The summed E-state index contributed by atoms with van der Waals surface area (Å²) in [6.45, 7) is 5.23. The molecule has 3 heteroatoms. The van der Waals surface area contributed by atoms with Gasteiger partial charge >= 0.3 is 0 Å². The van der Waals surface area contributed by atoms with E-state index in [1.54, 1.807) is 0 Å². The molecule has 0 bridgehead atoms. The van der Waals surface area contributed by atoms with Crippen molar-refractivity contribution in [3.05, 3.63) is 64.1 Å². The van der Waals surface area contributed by atoms with Crippen LogP contribution in [0.3, 0.4) is 0 Å². The molecule has 0 unspecified atom stereocenters. The van der Waals surface area contributed by atoms with E-state index in [-0.39, 0.29) is 6.61 Å². The molecule has 0 atom stereocenters. The first-order valence-corrected chi connectivity index (χ1v) is 7.61. The first-order valence-electron chi connectivity index (χ1n) is 6.81. The second-order valence-corrected chi connectivity index (χ2v) is 6.05. The van der Waals surface area contributed by atoms with E-state index in [0.717, 1.165) is 22.3 Å². The molecule has 106 valence electrons. The largest absolute Gasteiger partial charge is 0.392 e. The topological polar surface area (TPSA) is 23.5 Å². The molecule has 0 spiro atoms. The second-order valence-electron chi connectivity index (χ2n) is 5.14. The lowest BCUT2D eigenvalue weighted by molar-refractivity contribution is 0.281. The van der Waals surface area contributed by atoms with Gasteiger partial charge in [0, 0.05) is 28.3 Å². The highest BCUT2D eigenvalue weighted by Crippen LogP contribution is 2.27. The van der Waals surface area contributed by atoms with Gasteiger partial charge in [-0.1, -0.05) is 46.3 Å². The van der Waals surface area contributed by atoms with Gasteiger partial charge in [-0.3, -0.25) is 0 Å². The van der Waals surface area contributed by atoms with Crippen LogP contribution in [-0.4, -0.2) is 11.1 Å². The third-order valence-corrected chi connectivity index (χ3v) is 3.83. The van der Waals surface area contributed by atoms with Crippen LogP contribution >= 0.6 is 15.9 Å². The Balaban J connectivity index is 2.34.